The van der Waals surface area contributed by atoms with Crippen LogP contribution in [-0.4, -0.2) is 17.4 Å². The van der Waals surface area contributed by atoms with Crippen LogP contribution >= 0.6 is 0 Å². The monoisotopic (exact) mass is 404 g/mol. The molecule has 0 saturated heterocycles. The highest BCUT2D eigenvalue weighted by atomic mass is 32.2. The molecule has 3 aromatic carbocycles. The number of aromatic amines is 1. The molecule has 4 nitrogen and oxygen atoms in total. The Morgan fingerprint density at radius 2 is 1.62 bits per heavy atom. The Morgan fingerprint density at radius 1 is 0.897 bits per heavy atom. The minimum absolute atomic E-state index is 0.225. The molecular formula is C23H17FN2O2S. The SMILES string of the molecule is Cc1c(-c2cn(S(=O)(=O)c3ccccc3)c3ccccc23)[nH]c2ccc(F)cc12. The number of nitrogens with one attached hydrogen (secondary N) is 1. The van der Waals surface area contributed by atoms with Crippen LogP contribution in [0.25, 0.3) is 33.1 Å². The van der Waals surface area contributed by atoms with Gasteiger partial charge in [-0.1, -0.05) is 36.4 Å². The second-order valence-corrected chi connectivity index (χ2v) is 8.80. The zero-order valence-electron chi connectivity index (χ0n) is 15.6. The fourth-order valence-electron chi connectivity index (χ4n) is 3.82. The molecule has 29 heavy (non-hydrogen) atoms. The van der Waals surface area contributed by atoms with Gasteiger partial charge in [0.25, 0.3) is 10.0 Å². The predicted octanol–water partition coefficient (Wildman–Crippen LogP) is 5.47. The van der Waals surface area contributed by atoms with E-state index in [1.165, 1.54) is 16.1 Å². The molecule has 0 atom stereocenters. The number of aryl methyl sites for hydroxylation is 1. The number of hydrogen-bond donors (Lipinski definition) is 1. The van der Waals surface area contributed by atoms with E-state index in [0.717, 1.165) is 33.1 Å². The molecule has 0 aliphatic carbocycles. The van der Waals surface area contributed by atoms with Gasteiger partial charge in [0.1, 0.15) is 5.82 Å². The normalized spacial score (nSPS) is 12.1. The molecule has 5 rings (SSSR count). The highest BCUT2D eigenvalue weighted by Gasteiger charge is 2.23. The first kappa shape index (κ1) is 17.7. The molecule has 0 spiro atoms. The third kappa shape index (κ3) is 2.68. The van der Waals surface area contributed by atoms with Crippen molar-refractivity contribution in [3.05, 3.63) is 90.4 Å². The van der Waals surface area contributed by atoms with Gasteiger partial charge in [-0.05, 0) is 48.9 Å². The second kappa shape index (κ2) is 6.32. The van der Waals surface area contributed by atoms with Gasteiger partial charge in [0.2, 0.25) is 0 Å². The van der Waals surface area contributed by atoms with E-state index in [1.807, 2.05) is 25.1 Å². The zero-order chi connectivity index (χ0) is 20.2. The molecule has 2 heterocycles. The lowest BCUT2D eigenvalue weighted by atomic mass is 10.1. The fraction of sp³-hybridized carbons (Fsp3) is 0.0435. The Bertz CT molecular complexity index is 1480. The summed E-state index contributed by atoms with van der Waals surface area (Å²) in [7, 11) is -3.76. The van der Waals surface area contributed by atoms with E-state index in [0.29, 0.717) is 5.52 Å². The zero-order valence-corrected chi connectivity index (χ0v) is 16.4. The maximum absolute atomic E-state index is 13.7. The molecular weight excluding hydrogens is 387 g/mol. The van der Waals surface area contributed by atoms with E-state index >= 15 is 0 Å². The lowest BCUT2D eigenvalue weighted by molar-refractivity contribution is 0.589. The van der Waals surface area contributed by atoms with Crippen LogP contribution in [0.5, 0.6) is 0 Å². The number of nitrogens with zero attached hydrogens (tertiary/aromatic N) is 1. The van der Waals surface area contributed by atoms with Crippen molar-refractivity contribution >= 4 is 31.8 Å². The smallest absolute Gasteiger partial charge is 0.268 e. The van der Waals surface area contributed by atoms with Crippen LogP contribution in [0.3, 0.4) is 0 Å². The van der Waals surface area contributed by atoms with Gasteiger partial charge >= 0.3 is 0 Å². The minimum Gasteiger partial charge on any atom is -0.354 e. The Hall–Kier alpha value is -3.38. The summed E-state index contributed by atoms with van der Waals surface area (Å²) < 4.78 is 41.6. The first-order chi connectivity index (χ1) is 14.0. The second-order valence-electron chi connectivity index (χ2n) is 6.99. The predicted molar refractivity (Wildman–Crippen MR) is 113 cm³/mol. The van der Waals surface area contributed by atoms with Crippen LogP contribution in [0.2, 0.25) is 0 Å². The summed E-state index contributed by atoms with van der Waals surface area (Å²) in [5.74, 6) is -0.305. The number of benzene rings is 3. The quantitative estimate of drug-likeness (QED) is 0.433. The van der Waals surface area contributed by atoms with E-state index < -0.39 is 10.0 Å². The van der Waals surface area contributed by atoms with Crippen LogP contribution in [0.1, 0.15) is 5.56 Å². The minimum atomic E-state index is -3.76. The molecule has 0 unspecified atom stereocenters. The number of H-pyrrole nitrogens is 1. The summed E-state index contributed by atoms with van der Waals surface area (Å²) in [6, 6.07) is 20.3. The van der Waals surface area contributed by atoms with Gasteiger partial charge in [0.05, 0.1) is 16.1 Å². The van der Waals surface area contributed by atoms with Crippen molar-refractivity contribution in [1.82, 2.24) is 8.96 Å². The Kier molecular flexibility index (Phi) is 3.86. The largest absolute Gasteiger partial charge is 0.354 e. The van der Waals surface area contributed by atoms with Crippen LogP contribution in [0.4, 0.5) is 4.39 Å². The van der Waals surface area contributed by atoms with Gasteiger partial charge in [-0.2, -0.15) is 0 Å². The highest BCUT2D eigenvalue weighted by Crippen LogP contribution is 2.37. The number of para-hydroxylation sites is 1. The van der Waals surface area contributed by atoms with Crippen molar-refractivity contribution in [2.75, 3.05) is 0 Å². The van der Waals surface area contributed by atoms with Crippen molar-refractivity contribution in [3.63, 3.8) is 0 Å². The topological polar surface area (TPSA) is 54.9 Å². The van der Waals surface area contributed by atoms with Gasteiger partial charge in [0.15, 0.2) is 0 Å². The van der Waals surface area contributed by atoms with E-state index in [-0.39, 0.29) is 10.7 Å². The molecule has 5 aromatic rings. The molecule has 0 bridgehead atoms. The summed E-state index contributed by atoms with van der Waals surface area (Å²) in [4.78, 5) is 3.55. The third-order valence-electron chi connectivity index (χ3n) is 5.27. The van der Waals surface area contributed by atoms with Crippen molar-refractivity contribution in [2.45, 2.75) is 11.8 Å². The molecule has 0 amide bonds. The summed E-state index contributed by atoms with van der Waals surface area (Å²) in [6.07, 6.45) is 1.64. The van der Waals surface area contributed by atoms with E-state index in [1.54, 1.807) is 48.7 Å². The lowest BCUT2D eigenvalue weighted by Crippen LogP contribution is -2.11. The van der Waals surface area contributed by atoms with Gasteiger partial charge in [-0.3, -0.25) is 0 Å². The average molecular weight is 404 g/mol. The Labute approximate surface area is 167 Å². The average Bonchev–Trinajstić information content (AvgIpc) is 3.27. The number of fused-ring (bicyclic) bond motifs is 2. The first-order valence-corrected chi connectivity index (χ1v) is 10.6. The van der Waals surface area contributed by atoms with Crippen LogP contribution in [0, 0.1) is 12.7 Å². The molecule has 0 fully saturated rings. The summed E-state index contributed by atoms with van der Waals surface area (Å²) in [5.41, 5.74) is 3.81. The van der Waals surface area contributed by atoms with Crippen LogP contribution in [-0.2, 0) is 10.0 Å². The Morgan fingerprint density at radius 3 is 2.41 bits per heavy atom. The summed E-state index contributed by atoms with van der Waals surface area (Å²) in [5, 5.41) is 1.59. The van der Waals surface area contributed by atoms with E-state index in [4.69, 9.17) is 0 Å². The molecule has 0 radical (unpaired) electrons. The molecule has 144 valence electrons. The lowest BCUT2D eigenvalue weighted by Gasteiger charge is -2.07. The summed E-state index contributed by atoms with van der Waals surface area (Å²) in [6.45, 7) is 1.91. The molecule has 6 heteroatoms. The molecule has 2 aromatic heterocycles. The van der Waals surface area contributed by atoms with Crippen molar-refractivity contribution in [2.24, 2.45) is 0 Å². The number of aromatic nitrogens is 2. The van der Waals surface area contributed by atoms with Gasteiger partial charge < -0.3 is 4.98 Å². The Balaban J connectivity index is 1.81. The summed E-state index contributed by atoms with van der Waals surface area (Å²) >= 11 is 0. The molecule has 0 aliphatic heterocycles. The standard InChI is InChI=1S/C23H17FN2O2S/c1-15-19-13-16(24)11-12-21(19)25-23(15)20-14-26(22-10-6-5-9-18(20)22)29(27,28)17-7-3-2-4-8-17/h2-14,25H,1H3. The first-order valence-electron chi connectivity index (χ1n) is 9.16. The molecule has 0 saturated carbocycles. The number of halogens is 1. The maximum Gasteiger partial charge on any atom is 0.268 e. The van der Waals surface area contributed by atoms with Crippen molar-refractivity contribution < 1.29 is 12.8 Å². The van der Waals surface area contributed by atoms with Crippen molar-refractivity contribution in [1.29, 1.82) is 0 Å². The highest BCUT2D eigenvalue weighted by molar-refractivity contribution is 7.90. The molecule has 1 N–H and O–H groups in total. The van der Waals surface area contributed by atoms with Crippen molar-refractivity contribution in [3.8, 4) is 11.3 Å². The number of rotatable bonds is 3. The maximum atomic E-state index is 13.7. The fourth-order valence-corrected chi connectivity index (χ4v) is 5.21. The van der Waals surface area contributed by atoms with E-state index in [9.17, 15) is 12.8 Å². The van der Waals surface area contributed by atoms with Gasteiger partial charge in [-0.25, -0.2) is 16.8 Å². The van der Waals surface area contributed by atoms with Crippen LogP contribution in [0.15, 0.2) is 83.9 Å². The van der Waals surface area contributed by atoms with Gasteiger partial charge in [-0.15, -0.1) is 0 Å². The third-order valence-corrected chi connectivity index (χ3v) is 6.96. The van der Waals surface area contributed by atoms with Crippen LogP contribution < -0.4 is 0 Å². The molecule has 0 aliphatic rings. The van der Waals surface area contributed by atoms with Gasteiger partial charge in [0, 0.05) is 28.0 Å². The number of hydrogen-bond acceptors (Lipinski definition) is 2. The van der Waals surface area contributed by atoms with E-state index in [2.05, 4.69) is 4.98 Å².